The molecule has 0 radical (unpaired) electrons. The average Bonchev–Trinajstić information content (AvgIpc) is 2.90. The van der Waals surface area contributed by atoms with Crippen LogP contribution in [0.4, 0.5) is 4.39 Å². The number of aliphatic carboxylic acids is 1. The first kappa shape index (κ1) is 15.2. The summed E-state index contributed by atoms with van der Waals surface area (Å²) >= 11 is 0. The Bertz CT molecular complexity index is 539. The van der Waals surface area contributed by atoms with Gasteiger partial charge in [-0.2, -0.15) is 0 Å². The van der Waals surface area contributed by atoms with Crippen molar-refractivity contribution in [2.75, 3.05) is 0 Å². The quantitative estimate of drug-likeness (QED) is 0.876. The Labute approximate surface area is 122 Å². The van der Waals surface area contributed by atoms with Crippen LogP contribution >= 0.6 is 0 Å². The van der Waals surface area contributed by atoms with Gasteiger partial charge in [0, 0.05) is 12.5 Å². The Hall–Kier alpha value is -2.17. The molecule has 1 aliphatic carbocycles. The molecule has 1 aromatic carbocycles. The van der Waals surface area contributed by atoms with Gasteiger partial charge >= 0.3 is 5.97 Å². The number of carbonyl (C=O) groups excluding carboxylic acids is 1. The van der Waals surface area contributed by atoms with E-state index in [1.54, 1.807) is 24.3 Å². The number of amides is 1. The number of carboxylic acid groups (broad SMARTS) is 1. The van der Waals surface area contributed by atoms with Gasteiger partial charge in [-0.25, -0.2) is 4.39 Å². The summed E-state index contributed by atoms with van der Waals surface area (Å²) in [5.41, 5.74) is 0.830. The Morgan fingerprint density at radius 2 is 2.00 bits per heavy atom. The average molecular weight is 291 g/mol. The number of carbonyl (C=O) groups is 2. The normalized spacial score (nSPS) is 21.6. The standard InChI is InChI=1S/C16H18FNO3/c17-13-7-4-11(5-8-13)2-1-3-15(19)18-14-9-6-12(10-14)16(20)21/h1-2,4-5,7-8,12,14H,3,6,9-10H2,(H,18,19)(H,20,21)/t12-,14+/m1/s1. The highest BCUT2D eigenvalue weighted by molar-refractivity contribution is 5.79. The molecule has 2 N–H and O–H groups in total. The van der Waals surface area contributed by atoms with Crippen LogP contribution in [-0.2, 0) is 9.59 Å². The molecule has 1 amide bonds. The fourth-order valence-corrected chi connectivity index (χ4v) is 2.50. The molecule has 0 spiro atoms. The SMILES string of the molecule is O=C(CC=Cc1ccc(F)cc1)N[C@H]1CC[C@@H](C(=O)O)C1. The van der Waals surface area contributed by atoms with Crippen LogP contribution in [0.1, 0.15) is 31.2 Å². The molecule has 0 heterocycles. The summed E-state index contributed by atoms with van der Waals surface area (Å²) < 4.78 is 12.7. The monoisotopic (exact) mass is 291 g/mol. The molecule has 1 aromatic rings. The van der Waals surface area contributed by atoms with Crippen LogP contribution in [0.15, 0.2) is 30.3 Å². The van der Waals surface area contributed by atoms with Crippen molar-refractivity contribution < 1.29 is 19.1 Å². The number of benzene rings is 1. The minimum absolute atomic E-state index is 0.0437. The van der Waals surface area contributed by atoms with Crippen LogP contribution in [0.3, 0.4) is 0 Å². The van der Waals surface area contributed by atoms with Crippen molar-refractivity contribution in [3.63, 3.8) is 0 Å². The van der Waals surface area contributed by atoms with Crippen molar-refractivity contribution in [3.8, 4) is 0 Å². The molecule has 1 aliphatic rings. The van der Waals surface area contributed by atoms with Crippen LogP contribution in [0.5, 0.6) is 0 Å². The molecule has 4 nitrogen and oxygen atoms in total. The minimum Gasteiger partial charge on any atom is -0.481 e. The van der Waals surface area contributed by atoms with Gasteiger partial charge in [0.1, 0.15) is 5.82 Å². The van der Waals surface area contributed by atoms with E-state index < -0.39 is 5.97 Å². The lowest BCUT2D eigenvalue weighted by molar-refractivity contribution is -0.141. The third-order valence-corrected chi connectivity index (χ3v) is 3.63. The summed E-state index contributed by atoms with van der Waals surface area (Å²) in [5, 5.41) is 11.7. The van der Waals surface area contributed by atoms with E-state index in [-0.39, 0.29) is 30.1 Å². The Morgan fingerprint density at radius 1 is 1.29 bits per heavy atom. The molecule has 2 rings (SSSR count). The Morgan fingerprint density at radius 3 is 2.62 bits per heavy atom. The van der Waals surface area contributed by atoms with E-state index in [0.29, 0.717) is 19.3 Å². The molecule has 112 valence electrons. The van der Waals surface area contributed by atoms with Crippen LogP contribution in [0.25, 0.3) is 6.08 Å². The third-order valence-electron chi connectivity index (χ3n) is 3.63. The molecule has 0 aromatic heterocycles. The largest absolute Gasteiger partial charge is 0.481 e. The molecule has 21 heavy (non-hydrogen) atoms. The maximum absolute atomic E-state index is 12.7. The Kier molecular flexibility index (Phi) is 5.09. The van der Waals surface area contributed by atoms with E-state index >= 15 is 0 Å². The fourth-order valence-electron chi connectivity index (χ4n) is 2.50. The van der Waals surface area contributed by atoms with Crippen molar-refractivity contribution in [2.45, 2.75) is 31.7 Å². The molecule has 1 saturated carbocycles. The molecule has 0 bridgehead atoms. The Balaban J connectivity index is 1.75. The van der Waals surface area contributed by atoms with Gasteiger partial charge < -0.3 is 10.4 Å². The van der Waals surface area contributed by atoms with E-state index in [0.717, 1.165) is 5.56 Å². The van der Waals surface area contributed by atoms with Crippen LogP contribution in [-0.4, -0.2) is 23.0 Å². The van der Waals surface area contributed by atoms with Crippen LogP contribution < -0.4 is 5.32 Å². The van der Waals surface area contributed by atoms with E-state index in [1.165, 1.54) is 12.1 Å². The van der Waals surface area contributed by atoms with E-state index in [2.05, 4.69) is 5.32 Å². The number of rotatable bonds is 5. The number of carboxylic acids is 1. The molecule has 0 aliphatic heterocycles. The first-order valence-electron chi connectivity index (χ1n) is 6.99. The topological polar surface area (TPSA) is 66.4 Å². The zero-order valence-corrected chi connectivity index (χ0v) is 11.6. The van der Waals surface area contributed by atoms with Gasteiger partial charge in [0.25, 0.3) is 0 Å². The summed E-state index contributed by atoms with van der Waals surface area (Å²) in [6.07, 6.45) is 5.53. The molecular weight excluding hydrogens is 273 g/mol. The van der Waals surface area contributed by atoms with Gasteiger partial charge in [-0.3, -0.25) is 9.59 Å². The lowest BCUT2D eigenvalue weighted by Gasteiger charge is -2.11. The number of hydrogen-bond acceptors (Lipinski definition) is 2. The maximum atomic E-state index is 12.7. The smallest absolute Gasteiger partial charge is 0.306 e. The highest BCUT2D eigenvalue weighted by Gasteiger charge is 2.30. The summed E-state index contributed by atoms with van der Waals surface area (Å²) in [5.74, 6) is -1.54. The van der Waals surface area contributed by atoms with E-state index in [4.69, 9.17) is 5.11 Å². The summed E-state index contributed by atoms with van der Waals surface area (Å²) in [6.45, 7) is 0. The van der Waals surface area contributed by atoms with Crippen LogP contribution in [0, 0.1) is 11.7 Å². The maximum Gasteiger partial charge on any atom is 0.306 e. The lowest BCUT2D eigenvalue weighted by atomic mass is 10.1. The number of hydrogen-bond donors (Lipinski definition) is 2. The molecule has 2 atom stereocenters. The summed E-state index contributed by atoms with van der Waals surface area (Å²) in [4.78, 5) is 22.6. The second-order valence-electron chi connectivity index (χ2n) is 5.27. The minimum atomic E-state index is -0.789. The first-order chi connectivity index (χ1) is 10.0. The summed E-state index contributed by atoms with van der Waals surface area (Å²) in [6, 6.07) is 5.96. The predicted molar refractivity (Wildman–Crippen MR) is 77.0 cm³/mol. The van der Waals surface area contributed by atoms with Crippen molar-refractivity contribution >= 4 is 18.0 Å². The third kappa shape index (κ3) is 4.70. The van der Waals surface area contributed by atoms with Gasteiger partial charge in [0.05, 0.1) is 5.92 Å². The van der Waals surface area contributed by atoms with Gasteiger partial charge in [-0.05, 0) is 37.0 Å². The zero-order valence-electron chi connectivity index (χ0n) is 11.6. The molecule has 1 fully saturated rings. The van der Waals surface area contributed by atoms with Gasteiger partial charge in [0.2, 0.25) is 5.91 Å². The van der Waals surface area contributed by atoms with Crippen molar-refractivity contribution in [1.29, 1.82) is 0 Å². The van der Waals surface area contributed by atoms with Crippen molar-refractivity contribution in [1.82, 2.24) is 5.32 Å². The molecule has 5 heteroatoms. The number of halogens is 1. The second kappa shape index (κ2) is 7.02. The van der Waals surface area contributed by atoms with Crippen molar-refractivity contribution in [3.05, 3.63) is 41.7 Å². The highest BCUT2D eigenvalue weighted by Crippen LogP contribution is 2.25. The zero-order chi connectivity index (χ0) is 15.2. The van der Waals surface area contributed by atoms with Gasteiger partial charge in [0.15, 0.2) is 0 Å². The van der Waals surface area contributed by atoms with Gasteiger partial charge in [-0.15, -0.1) is 0 Å². The lowest BCUT2D eigenvalue weighted by Crippen LogP contribution is -2.32. The van der Waals surface area contributed by atoms with Crippen molar-refractivity contribution in [2.24, 2.45) is 5.92 Å². The van der Waals surface area contributed by atoms with Gasteiger partial charge in [-0.1, -0.05) is 24.3 Å². The predicted octanol–water partition coefficient (Wildman–Crippen LogP) is 2.60. The highest BCUT2D eigenvalue weighted by atomic mass is 19.1. The molecule has 0 unspecified atom stereocenters. The summed E-state index contributed by atoms with van der Waals surface area (Å²) in [7, 11) is 0. The second-order valence-corrected chi connectivity index (χ2v) is 5.27. The first-order valence-corrected chi connectivity index (χ1v) is 6.99. The fraction of sp³-hybridized carbons (Fsp3) is 0.375. The van der Waals surface area contributed by atoms with E-state index in [1.807, 2.05) is 0 Å². The molecule has 0 saturated heterocycles. The van der Waals surface area contributed by atoms with E-state index in [9.17, 15) is 14.0 Å². The molecular formula is C16H18FNO3. The number of nitrogens with one attached hydrogen (secondary N) is 1. The van der Waals surface area contributed by atoms with Crippen LogP contribution in [0.2, 0.25) is 0 Å².